The van der Waals surface area contributed by atoms with Crippen LogP contribution in [0.15, 0.2) is 53.4 Å². The fourth-order valence-electron chi connectivity index (χ4n) is 5.25. The number of aryl methyl sites for hydroxylation is 1. The number of benzene rings is 2. The molecule has 3 heterocycles. The second kappa shape index (κ2) is 9.63. The molecule has 2 aromatic carbocycles. The molecule has 2 aliphatic rings. The fraction of sp³-hybridized carbons (Fsp3) is 0.370. The van der Waals surface area contributed by atoms with Gasteiger partial charge in [0.25, 0.3) is 10.0 Å². The predicted octanol–water partition coefficient (Wildman–Crippen LogP) is 4.10. The van der Waals surface area contributed by atoms with Crippen LogP contribution < -0.4 is 4.90 Å². The third-order valence-corrected chi connectivity index (χ3v) is 10.2. The van der Waals surface area contributed by atoms with Gasteiger partial charge in [-0.3, -0.25) is 0 Å². The van der Waals surface area contributed by atoms with Crippen molar-refractivity contribution in [1.82, 2.24) is 8.28 Å². The second-order valence-electron chi connectivity index (χ2n) is 9.77. The minimum atomic E-state index is -4.07. The van der Waals surface area contributed by atoms with Gasteiger partial charge < -0.3 is 4.90 Å². The van der Waals surface area contributed by atoms with Crippen LogP contribution >= 0.6 is 0 Å². The van der Waals surface area contributed by atoms with Crippen molar-refractivity contribution >= 4 is 42.2 Å². The lowest BCUT2D eigenvalue weighted by molar-refractivity contribution is 0.445. The SMILES string of the molecule is Cc1ccc(S(=O)(=O)n2c(C3=CCN(S(C)(=O)=O)CC3)cc3c(N4CCCCC4)ccc(C#N)c32)cc1. The number of rotatable bonds is 5. The minimum absolute atomic E-state index is 0.137. The molecule has 1 aromatic heterocycles. The molecule has 1 fully saturated rings. The Morgan fingerprint density at radius 2 is 1.62 bits per heavy atom. The summed E-state index contributed by atoms with van der Waals surface area (Å²) in [5.74, 6) is 0. The Labute approximate surface area is 218 Å². The number of piperidine rings is 1. The molecule has 0 radical (unpaired) electrons. The number of nitriles is 1. The van der Waals surface area contributed by atoms with E-state index in [2.05, 4.69) is 11.0 Å². The van der Waals surface area contributed by atoms with Crippen molar-refractivity contribution < 1.29 is 16.8 Å². The molecule has 0 amide bonds. The van der Waals surface area contributed by atoms with Crippen LogP contribution in [0.5, 0.6) is 0 Å². The van der Waals surface area contributed by atoms with Gasteiger partial charge in [0.15, 0.2) is 0 Å². The summed E-state index contributed by atoms with van der Waals surface area (Å²) >= 11 is 0. The molecular weight excluding hydrogens is 508 g/mol. The molecule has 1 saturated heterocycles. The van der Waals surface area contributed by atoms with E-state index in [1.807, 2.05) is 19.1 Å². The van der Waals surface area contributed by atoms with Gasteiger partial charge in [-0.25, -0.2) is 20.8 Å². The summed E-state index contributed by atoms with van der Waals surface area (Å²) in [7, 11) is -7.43. The first kappa shape index (κ1) is 25.5. The molecule has 0 aliphatic carbocycles. The monoisotopic (exact) mass is 538 g/mol. The molecule has 0 spiro atoms. The summed E-state index contributed by atoms with van der Waals surface area (Å²) in [6, 6.07) is 14.4. The van der Waals surface area contributed by atoms with Gasteiger partial charge in [0, 0.05) is 37.3 Å². The first-order valence-corrected chi connectivity index (χ1v) is 15.7. The first-order chi connectivity index (χ1) is 17.6. The van der Waals surface area contributed by atoms with Gasteiger partial charge in [0.1, 0.15) is 6.07 Å². The van der Waals surface area contributed by atoms with Gasteiger partial charge in [-0.05, 0) is 68.5 Å². The van der Waals surface area contributed by atoms with Crippen LogP contribution in [0.25, 0.3) is 16.5 Å². The maximum Gasteiger partial charge on any atom is 0.268 e. The zero-order valence-corrected chi connectivity index (χ0v) is 22.6. The highest BCUT2D eigenvalue weighted by Crippen LogP contribution is 2.39. The van der Waals surface area contributed by atoms with Crippen LogP contribution in [-0.2, 0) is 20.0 Å². The number of hydrogen-bond donors (Lipinski definition) is 0. The van der Waals surface area contributed by atoms with Crippen LogP contribution in [0.2, 0.25) is 0 Å². The largest absolute Gasteiger partial charge is 0.371 e. The van der Waals surface area contributed by atoms with Crippen LogP contribution in [0.1, 0.15) is 42.5 Å². The second-order valence-corrected chi connectivity index (χ2v) is 13.5. The summed E-state index contributed by atoms with van der Waals surface area (Å²) in [5.41, 5.74) is 3.74. The van der Waals surface area contributed by atoms with Crippen LogP contribution in [0, 0.1) is 18.3 Å². The Bertz CT molecular complexity index is 1640. The molecule has 0 N–H and O–H groups in total. The van der Waals surface area contributed by atoms with Crippen molar-refractivity contribution in [2.24, 2.45) is 0 Å². The number of nitrogens with zero attached hydrogens (tertiary/aromatic N) is 4. The number of anilines is 1. The van der Waals surface area contributed by atoms with Crippen LogP contribution in [0.4, 0.5) is 5.69 Å². The summed E-state index contributed by atoms with van der Waals surface area (Å²) in [4.78, 5) is 2.40. The Kier molecular flexibility index (Phi) is 6.64. The van der Waals surface area contributed by atoms with Crippen LogP contribution in [-0.4, -0.2) is 57.5 Å². The van der Waals surface area contributed by atoms with E-state index in [0.717, 1.165) is 54.6 Å². The van der Waals surface area contributed by atoms with E-state index in [1.54, 1.807) is 36.4 Å². The molecular formula is C27H30N4O4S2. The van der Waals surface area contributed by atoms with Crippen molar-refractivity contribution in [3.63, 3.8) is 0 Å². The van der Waals surface area contributed by atoms with Crippen molar-refractivity contribution in [2.75, 3.05) is 37.3 Å². The lowest BCUT2D eigenvalue weighted by atomic mass is 10.0. The maximum atomic E-state index is 14.2. The van der Waals surface area contributed by atoms with Gasteiger partial charge in [-0.1, -0.05) is 23.8 Å². The van der Waals surface area contributed by atoms with Crippen molar-refractivity contribution in [2.45, 2.75) is 37.5 Å². The van der Waals surface area contributed by atoms with E-state index in [9.17, 15) is 22.1 Å². The number of aromatic nitrogens is 1. The highest BCUT2D eigenvalue weighted by molar-refractivity contribution is 7.90. The molecule has 10 heteroatoms. The van der Waals surface area contributed by atoms with E-state index >= 15 is 0 Å². The summed E-state index contributed by atoms with van der Waals surface area (Å²) in [5, 5.41) is 10.7. The van der Waals surface area contributed by atoms with Gasteiger partial charge in [0.05, 0.1) is 27.9 Å². The zero-order valence-electron chi connectivity index (χ0n) is 21.0. The highest BCUT2D eigenvalue weighted by atomic mass is 32.2. The quantitative estimate of drug-likeness (QED) is 0.485. The molecule has 8 nitrogen and oxygen atoms in total. The fourth-order valence-corrected chi connectivity index (χ4v) is 7.57. The molecule has 0 atom stereocenters. The third kappa shape index (κ3) is 4.67. The van der Waals surface area contributed by atoms with Gasteiger partial charge in [-0.15, -0.1) is 0 Å². The van der Waals surface area contributed by atoms with E-state index in [-0.39, 0.29) is 23.5 Å². The predicted molar refractivity (Wildman–Crippen MR) is 145 cm³/mol. The third-order valence-electron chi connectivity index (χ3n) is 7.24. The van der Waals surface area contributed by atoms with Crippen molar-refractivity contribution in [1.29, 1.82) is 5.26 Å². The molecule has 194 valence electrons. The maximum absolute atomic E-state index is 14.2. The molecule has 5 rings (SSSR count). The van der Waals surface area contributed by atoms with Crippen LogP contribution in [0.3, 0.4) is 0 Å². The number of sulfonamides is 1. The Morgan fingerprint density at radius 3 is 2.22 bits per heavy atom. The molecule has 3 aromatic rings. The lowest BCUT2D eigenvalue weighted by Crippen LogP contribution is -2.34. The molecule has 37 heavy (non-hydrogen) atoms. The standard InChI is InChI=1S/C27H30N4O4S2/c1-20-6-9-23(10-7-20)37(34,35)31-26(21-12-16-30(17-13-21)36(2,32)33)18-24-25(29-14-4-3-5-15-29)11-8-22(19-28)27(24)31/h6-12,18H,3-5,13-17H2,1-2H3. The lowest BCUT2D eigenvalue weighted by Gasteiger charge is -2.29. The van der Waals surface area contributed by atoms with Crippen molar-refractivity contribution in [3.8, 4) is 6.07 Å². The average Bonchev–Trinajstić information content (AvgIpc) is 3.30. The first-order valence-electron chi connectivity index (χ1n) is 12.4. The Morgan fingerprint density at radius 1 is 0.919 bits per heavy atom. The topological polar surface area (TPSA) is 103 Å². The normalized spacial score (nSPS) is 17.5. The van der Waals surface area contributed by atoms with E-state index in [1.165, 1.54) is 14.5 Å². The summed E-state index contributed by atoms with van der Waals surface area (Å²) in [6.45, 7) is 4.08. The van der Waals surface area contributed by atoms with E-state index in [4.69, 9.17) is 0 Å². The zero-order chi connectivity index (χ0) is 26.4. The minimum Gasteiger partial charge on any atom is -0.371 e. The van der Waals surface area contributed by atoms with E-state index in [0.29, 0.717) is 17.6 Å². The Hall–Kier alpha value is -3.13. The smallest absolute Gasteiger partial charge is 0.268 e. The molecule has 0 unspecified atom stereocenters. The average molecular weight is 539 g/mol. The molecule has 2 aliphatic heterocycles. The van der Waals surface area contributed by atoms with Gasteiger partial charge in [0.2, 0.25) is 10.0 Å². The number of hydrogen-bond acceptors (Lipinski definition) is 6. The summed E-state index contributed by atoms with van der Waals surface area (Å²) in [6.07, 6.45) is 6.61. The summed E-state index contributed by atoms with van der Waals surface area (Å²) < 4.78 is 55.2. The number of fused-ring (bicyclic) bond motifs is 1. The molecule has 0 bridgehead atoms. The van der Waals surface area contributed by atoms with Gasteiger partial charge in [-0.2, -0.15) is 9.57 Å². The van der Waals surface area contributed by atoms with E-state index < -0.39 is 20.0 Å². The Balaban J connectivity index is 1.78. The van der Waals surface area contributed by atoms with Crippen molar-refractivity contribution in [3.05, 3.63) is 65.4 Å². The van der Waals surface area contributed by atoms with Gasteiger partial charge >= 0.3 is 0 Å². The highest BCUT2D eigenvalue weighted by Gasteiger charge is 2.30. The molecule has 0 saturated carbocycles.